The fourth-order valence-electron chi connectivity index (χ4n) is 3.04. The molecule has 0 fully saturated rings. The molecule has 2 rings (SSSR count). The Labute approximate surface area is 135 Å². The molecule has 2 aromatic rings. The predicted octanol–water partition coefficient (Wildman–Crippen LogP) is 2.32. The third kappa shape index (κ3) is 3.99. The van der Waals surface area contributed by atoms with Crippen LogP contribution in [-0.2, 0) is 40.0 Å². The Bertz CT molecular complexity index is 528. The Kier molecular flexibility index (Phi) is 6.22. The molecule has 4 heteroatoms. The number of unbranched alkanes of at least 4 members (excludes halogenated alkanes) is 2. The van der Waals surface area contributed by atoms with Gasteiger partial charge < -0.3 is 0 Å². The summed E-state index contributed by atoms with van der Waals surface area (Å²) in [7, 11) is 4.31. The molecule has 0 spiro atoms. The van der Waals surface area contributed by atoms with Gasteiger partial charge in [-0.1, -0.05) is 26.7 Å². The van der Waals surface area contributed by atoms with E-state index in [4.69, 9.17) is 0 Å². The van der Waals surface area contributed by atoms with E-state index in [0.717, 1.165) is 13.1 Å². The van der Waals surface area contributed by atoms with Crippen LogP contribution in [0, 0.1) is 0 Å². The summed E-state index contributed by atoms with van der Waals surface area (Å²) < 4.78 is 9.37. The van der Waals surface area contributed by atoms with E-state index in [0.29, 0.717) is 0 Å². The van der Waals surface area contributed by atoms with Crippen molar-refractivity contribution >= 4 is 0 Å². The van der Waals surface area contributed by atoms with Crippen LogP contribution in [0.1, 0.15) is 51.2 Å². The van der Waals surface area contributed by atoms with Crippen LogP contribution < -0.4 is 9.13 Å². The summed E-state index contributed by atoms with van der Waals surface area (Å²) in [6, 6.07) is 0. The molecule has 122 valence electrons. The lowest BCUT2D eigenvalue weighted by Crippen LogP contribution is -2.33. The van der Waals surface area contributed by atoms with E-state index in [1.54, 1.807) is 0 Å². The lowest BCUT2D eigenvalue weighted by Gasteiger charge is -2.04. The zero-order chi connectivity index (χ0) is 15.9. The molecule has 0 atom stereocenters. The zero-order valence-electron chi connectivity index (χ0n) is 14.8. The average molecular weight is 304 g/mol. The number of aromatic nitrogens is 4. The quantitative estimate of drug-likeness (QED) is 0.633. The van der Waals surface area contributed by atoms with Gasteiger partial charge in [0, 0.05) is 12.8 Å². The molecule has 0 aliphatic carbocycles. The minimum Gasteiger partial charge on any atom is -0.237 e. The number of aryl methyl sites for hydroxylation is 4. The van der Waals surface area contributed by atoms with Gasteiger partial charge in [0.05, 0.1) is 14.1 Å². The van der Waals surface area contributed by atoms with Crippen LogP contribution in [-0.4, -0.2) is 9.13 Å². The summed E-state index contributed by atoms with van der Waals surface area (Å²) in [6.07, 6.45) is 16.2. The maximum atomic E-state index is 2.42. The molecule has 22 heavy (non-hydrogen) atoms. The minimum absolute atomic E-state index is 1.05. The smallest absolute Gasteiger partial charge is 0.237 e. The first kappa shape index (κ1) is 16.8. The molecule has 0 bridgehead atoms. The summed E-state index contributed by atoms with van der Waals surface area (Å²) in [6.45, 7) is 6.61. The number of imidazole rings is 2. The molecule has 0 radical (unpaired) electrons. The number of hydrogen-bond acceptors (Lipinski definition) is 0. The highest BCUT2D eigenvalue weighted by molar-refractivity contribution is 4.87. The molecule has 0 N–H and O–H groups in total. The molecular formula is C18H32N4+2. The van der Waals surface area contributed by atoms with Crippen LogP contribution >= 0.6 is 0 Å². The Hall–Kier alpha value is -1.58. The van der Waals surface area contributed by atoms with E-state index >= 15 is 0 Å². The normalized spacial score (nSPS) is 11.3. The van der Waals surface area contributed by atoms with Crippen molar-refractivity contribution in [2.75, 3.05) is 0 Å². The standard InChI is InChI=1S/C18H32N4/c1-5-7-9-17-19(3)11-13-21(17)15-16-22-14-12-20(4)18(22)10-8-6-2/h11-14H,5-10,15-16H2,1-4H3/q+2. The van der Waals surface area contributed by atoms with Gasteiger partial charge >= 0.3 is 0 Å². The largest absolute Gasteiger partial charge is 0.256 e. The maximum absolute atomic E-state index is 2.42. The molecule has 0 amide bonds. The number of nitrogens with zero attached hydrogens (tertiary/aromatic N) is 4. The van der Waals surface area contributed by atoms with Crippen molar-refractivity contribution in [2.45, 2.75) is 65.5 Å². The molecular weight excluding hydrogens is 272 g/mol. The van der Waals surface area contributed by atoms with Crippen LogP contribution in [0.25, 0.3) is 0 Å². The van der Waals surface area contributed by atoms with E-state index in [1.165, 1.54) is 50.2 Å². The first-order valence-corrected chi connectivity index (χ1v) is 8.74. The Morgan fingerprint density at radius 3 is 1.55 bits per heavy atom. The second-order valence-corrected chi connectivity index (χ2v) is 6.24. The highest BCUT2D eigenvalue weighted by Gasteiger charge is 2.17. The van der Waals surface area contributed by atoms with E-state index in [2.05, 4.69) is 71.0 Å². The Morgan fingerprint density at radius 1 is 0.773 bits per heavy atom. The monoisotopic (exact) mass is 304 g/mol. The Morgan fingerprint density at radius 2 is 1.18 bits per heavy atom. The molecule has 0 unspecified atom stereocenters. The summed E-state index contributed by atoms with van der Waals surface area (Å²) in [4.78, 5) is 0. The van der Waals surface area contributed by atoms with Crippen molar-refractivity contribution in [3.63, 3.8) is 0 Å². The zero-order valence-corrected chi connectivity index (χ0v) is 14.8. The summed E-state index contributed by atoms with van der Waals surface area (Å²) in [5.41, 5.74) is 0. The van der Waals surface area contributed by atoms with Crippen LogP contribution in [0.15, 0.2) is 24.8 Å². The van der Waals surface area contributed by atoms with Gasteiger partial charge in [0.25, 0.3) is 11.6 Å². The Balaban J connectivity index is 2.04. The van der Waals surface area contributed by atoms with Crippen LogP contribution in [0.3, 0.4) is 0 Å². The van der Waals surface area contributed by atoms with Crippen LogP contribution in [0.5, 0.6) is 0 Å². The van der Waals surface area contributed by atoms with Crippen molar-refractivity contribution in [2.24, 2.45) is 14.1 Å². The molecule has 0 aliphatic heterocycles. The summed E-state index contributed by atoms with van der Waals surface area (Å²) in [5.74, 6) is 2.88. The van der Waals surface area contributed by atoms with Gasteiger partial charge in [-0.25, -0.2) is 18.3 Å². The summed E-state index contributed by atoms with van der Waals surface area (Å²) in [5, 5.41) is 0. The highest BCUT2D eigenvalue weighted by Crippen LogP contribution is 2.05. The van der Waals surface area contributed by atoms with E-state index in [1.807, 2.05) is 0 Å². The van der Waals surface area contributed by atoms with Gasteiger partial charge in [-0.05, 0) is 12.8 Å². The first-order valence-electron chi connectivity index (χ1n) is 8.74. The second-order valence-electron chi connectivity index (χ2n) is 6.24. The lowest BCUT2D eigenvalue weighted by atomic mass is 10.2. The number of hydrogen-bond donors (Lipinski definition) is 0. The third-order valence-electron chi connectivity index (χ3n) is 4.51. The van der Waals surface area contributed by atoms with E-state index in [-0.39, 0.29) is 0 Å². The van der Waals surface area contributed by atoms with Gasteiger partial charge in [0.2, 0.25) is 0 Å². The van der Waals surface area contributed by atoms with Gasteiger partial charge in [0.15, 0.2) is 0 Å². The van der Waals surface area contributed by atoms with Crippen LogP contribution in [0.4, 0.5) is 0 Å². The van der Waals surface area contributed by atoms with Crippen molar-refractivity contribution in [1.29, 1.82) is 0 Å². The SMILES string of the molecule is CCCCc1n(CCn2cc[n+](C)c2CCCC)cc[n+]1C. The molecule has 0 saturated carbocycles. The molecule has 0 aliphatic rings. The van der Waals surface area contributed by atoms with Crippen molar-refractivity contribution in [3.05, 3.63) is 36.4 Å². The first-order chi connectivity index (χ1) is 10.7. The van der Waals surface area contributed by atoms with Gasteiger partial charge in [-0.3, -0.25) is 0 Å². The topological polar surface area (TPSA) is 17.6 Å². The molecule has 0 aromatic carbocycles. The van der Waals surface area contributed by atoms with Crippen LogP contribution in [0.2, 0.25) is 0 Å². The molecule has 2 heterocycles. The van der Waals surface area contributed by atoms with E-state index < -0.39 is 0 Å². The van der Waals surface area contributed by atoms with Gasteiger partial charge in [-0.15, -0.1) is 0 Å². The minimum atomic E-state index is 1.05. The fourth-order valence-corrected chi connectivity index (χ4v) is 3.04. The van der Waals surface area contributed by atoms with Crippen molar-refractivity contribution in [3.8, 4) is 0 Å². The third-order valence-corrected chi connectivity index (χ3v) is 4.51. The second kappa shape index (κ2) is 8.16. The van der Waals surface area contributed by atoms with Gasteiger partial charge in [-0.2, -0.15) is 0 Å². The molecule has 4 nitrogen and oxygen atoms in total. The fraction of sp³-hybridized carbons (Fsp3) is 0.667. The summed E-state index contributed by atoms with van der Waals surface area (Å²) >= 11 is 0. The maximum Gasteiger partial charge on any atom is 0.256 e. The predicted molar refractivity (Wildman–Crippen MR) is 88.4 cm³/mol. The van der Waals surface area contributed by atoms with Crippen molar-refractivity contribution < 1.29 is 9.13 Å². The average Bonchev–Trinajstić information content (AvgIpc) is 3.04. The number of rotatable bonds is 9. The highest BCUT2D eigenvalue weighted by atomic mass is 15.2. The molecule has 0 saturated heterocycles. The van der Waals surface area contributed by atoms with Crippen molar-refractivity contribution in [1.82, 2.24) is 9.13 Å². The molecule has 2 aromatic heterocycles. The van der Waals surface area contributed by atoms with Gasteiger partial charge in [0.1, 0.15) is 37.9 Å². The lowest BCUT2D eigenvalue weighted by molar-refractivity contribution is -0.679. The van der Waals surface area contributed by atoms with E-state index in [9.17, 15) is 0 Å².